The molecule has 4 nitrogen and oxygen atoms in total. The van der Waals surface area contributed by atoms with Crippen molar-refractivity contribution in [1.82, 2.24) is 14.9 Å². The Kier molecular flexibility index (Phi) is 3.28. The van der Waals surface area contributed by atoms with E-state index in [2.05, 4.69) is 21.8 Å². The van der Waals surface area contributed by atoms with Crippen molar-refractivity contribution < 1.29 is 5.11 Å². The summed E-state index contributed by atoms with van der Waals surface area (Å²) in [5.41, 5.74) is 1.00. The summed E-state index contributed by atoms with van der Waals surface area (Å²) in [7, 11) is 0. The number of aliphatic hydroxyl groups is 1. The van der Waals surface area contributed by atoms with E-state index in [1.807, 2.05) is 0 Å². The molecule has 82 valence electrons. The van der Waals surface area contributed by atoms with E-state index >= 15 is 0 Å². The van der Waals surface area contributed by atoms with Gasteiger partial charge in [0.25, 0.3) is 0 Å². The van der Waals surface area contributed by atoms with E-state index < -0.39 is 0 Å². The van der Waals surface area contributed by atoms with Crippen LogP contribution in [-0.4, -0.2) is 39.2 Å². The van der Waals surface area contributed by atoms with E-state index in [1.54, 1.807) is 18.6 Å². The van der Waals surface area contributed by atoms with Gasteiger partial charge in [-0.15, -0.1) is 0 Å². The van der Waals surface area contributed by atoms with Gasteiger partial charge in [-0.1, -0.05) is 6.92 Å². The minimum Gasteiger partial charge on any atom is -0.393 e. The fourth-order valence-electron chi connectivity index (χ4n) is 2.00. The Morgan fingerprint density at radius 1 is 1.53 bits per heavy atom. The highest BCUT2D eigenvalue weighted by Gasteiger charge is 2.24. The van der Waals surface area contributed by atoms with Crippen LogP contribution in [0.15, 0.2) is 18.6 Å². The van der Waals surface area contributed by atoms with E-state index in [0.29, 0.717) is 5.92 Å². The standard InChI is InChI=1S/C11H17N3O/c1-9-7-14(5-2-11(9)15)8-10-6-12-3-4-13-10/h3-4,6,9,11,15H,2,5,7-8H2,1H3. The monoisotopic (exact) mass is 207 g/mol. The Hall–Kier alpha value is -1.00. The topological polar surface area (TPSA) is 49.2 Å². The predicted molar refractivity (Wildman–Crippen MR) is 57.1 cm³/mol. The molecule has 0 amide bonds. The highest BCUT2D eigenvalue weighted by atomic mass is 16.3. The van der Waals surface area contributed by atoms with Gasteiger partial charge < -0.3 is 5.11 Å². The molecular formula is C11H17N3O. The van der Waals surface area contributed by atoms with Crippen molar-refractivity contribution in [3.8, 4) is 0 Å². The van der Waals surface area contributed by atoms with Crippen LogP contribution in [0, 0.1) is 5.92 Å². The molecule has 4 heteroatoms. The molecular weight excluding hydrogens is 190 g/mol. The minimum absolute atomic E-state index is 0.136. The molecule has 2 heterocycles. The lowest BCUT2D eigenvalue weighted by molar-refractivity contribution is 0.0315. The summed E-state index contributed by atoms with van der Waals surface area (Å²) in [6, 6.07) is 0. The van der Waals surface area contributed by atoms with Crippen LogP contribution in [-0.2, 0) is 6.54 Å². The molecule has 1 aromatic heterocycles. The Bertz CT molecular complexity index is 304. The van der Waals surface area contributed by atoms with Gasteiger partial charge in [-0.3, -0.25) is 14.9 Å². The highest BCUT2D eigenvalue weighted by molar-refractivity contribution is 4.95. The molecule has 0 radical (unpaired) electrons. The molecule has 0 spiro atoms. The second kappa shape index (κ2) is 4.68. The Morgan fingerprint density at radius 3 is 3.07 bits per heavy atom. The molecule has 1 aliphatic rings. The largest absolute Gasteiger partial charge is 0.393 e. The van der Waals surface area contributed by atoms with Crippen LogP contribution in [0.3, 0.4) is 0 Å². The van der Waals surface area contributed by atoms with Crippen LogP contribution in [0.4, 0.5) is 0 Å². The van der Waals surface area contributed by atoms with Crippen LogP contribution in [0.5, 0.6) is 0 Å². The van der Waals surface area contributed by atoms with E-state index in [1.165, 1.54) is 0 Å². The zero-order valence-electron chi connectivity index (χ0n) is 9.00. The summed E-state index contributed by atoms with van der Waals surface area (Å²) in [6.45, 7) is 4.82. The SMILES string of the molecule is CC1CN(Cc2cnccn2)CCC1O. The first-order chi connectivity index (χ1) is 7.25. The molecule has 0 aromatic carbocycles. The maximum Gasteiger partial charge on any atom is 0.0726 e. The summed E-state index contributed by atoms with van der Waals surface area (Å²) < 4.78 is 0. The van der Waals surface area contributed by atoms with Crippen LogP contribution >= 0.6 is 0 Å². The Labute approximate surface area is 90.0 Å². The molecule has 0 saturated carbocycles. The highest BCUT2D eigenvalue weighted by Crippen LogP contribution is 2.17. The summed E-state index contributed by atoms with van der Waals surface area (Å²) in [6.07, 6.45) is 5.93. The number of hydrogen-bond acceptors (Lipinski definition) is 4. The number of aromatic nitrogens is 2. The van der Waals surface area contributed by atoms with Gasteiger partial charge in [0, 0.05) is 38.2 Å². The van der Waals surface area contributed by atoms with Crippen molar-refractivity contribution in [3.63, 3.8) is 0 Å². The minimum atomic E-state index is -0.136. The predicted octanol–water partition coefficient (Wildman–Crippen LogP) is 0.679. The second-order valence-corrected chi connectivity index (χ2v) is 4.27. The third-order valence-electron chi connectivity index (χ3n) is 2.95. The second-order valence-electron chi connectivity index (χ2n) is 4.27. The smallest absolute Gasteiger partial charge is 0.0726 e. The van der Waals surface area contributed by atoms with Crippen molar-refractivity contribution in [1.29, 1.82) is 0 Å². The molecule has 2 atom stereocenters. The fraction of sp³-hybridized carbons (Fsp3) is 0.636. The normalized spacial score (nSPS) is 27.9. The Morgan fingerprint density at radius 2 is 2.40 bits per heavy atom. The van der Waals surface area contributed by atoms with Crippen LogP contribution in [0.2, 0.25) is 0 Å². The number of hydrogen-bond donors (Lipinski definition) is 1. The lowest BCUT2D eigenvalue weighted by Gasteiger charge is -2.33. The lowest BCUT2D eigenvalue weighted by atomic mass is 9.97. The molecule has 1 saturated heterocycles. The molecule has 1 aromatic rings. The van der Waals surface area contributed by atoms with E-state index in [-0.39, 0.29) is 6.10 Å². The first kappa shape index (κ1) is 10.5. The van der Waals surface area contributed by atoms with Crippen LogP contribution in [0.1, 0.15) is 19.0 Å². The van der Waals surface area contributed by atoms with Gasteiger partial charge in [0.15, 0.2) is 0 Å². The molecule has 15 heavy (non-hydrogen) atoms. The zero-order valence-corrected chi connectivity index (χ0v) is 9.00. The summed E-state index contributed by atoms with van der Waals surface area (Å²) in [5.74, 6) is 0.357. The summed E-state index contributed by atoms with van der Waals surface area (Å²) in [4.78, 5) is 10.6. The summed E-state index contributed by atoms with van der Waals surface area (Å²) >= 11 is 0. The van der Waals surface area contributed by atoms with Gasteiger partial charge in [-0.2, -0.15) is 0 Å². The Balaban J connectivity index is 1.91. The van der Waals surface area contributed by atoms with Crippen molar-refractivity contribution in [3.05, 3.63) is 24.3 Å². The molecule has 2 rings (SSSR count). The molecule has 1 fully saturated rings. The first-order valence-corrected chi connectivity index (χ1v) is 5.41. The third kappa shape index (κ3) is 2.73. The molecule has 0 aliphatic carbocycles. The van der Waals surface area contributed by atoms with Crippen molar-refractivity contribution in [2.45, 2.75) is 26.0 Å². The maximum absolute atomic E-state index is 9.61. The molecule has 2 unspecified atom stereocenters. The third-order valence-corrected chi connectivity index (χ3v) is 2.95. The van der Waals surface area contributed by atoms with Gasteiger partial charge in [-0.25, -0.2) is 0 Å². The maximum atomic E-state index is 9.61. The zero-order chi connectivity index (χ0) is 10.7. The van der Waals surface area contributed by atoms with E-state index in [4.69, 9.17) is 0 Å². The number of piperidine rings is 1. The average Bonchev–Trinajstić information content (AvgIpc) is 2.25. The van der Waals surface area contributed by atoms with Gasteiger partial charge in [0.05, 0.1) is 11.8 Å². The van der Waals surface area contributed by atoms with Crippen molar-refractivity contribution in [2.24, 2.45) is 5.92 Å². The number of nitrogens with zero attached hydrogens (tertiary/aromatic N) is 3. The number of aliphatic hydroxyl groups excluding tert-OH is 1. The average molecular weight is 207 g/mol. The first-order valence-electron chi connectivity index (χ1n) is 5.41. The van der Waals surface area contributed by atoms with Crippen molar-refractivity contribution in [2.75, 3.05) is 13.1 Å². The van der Waals surface area contributed by atoms with Gasteiger partial charge in [0.1, 0.15) is 0 Å². The lowest BCUT2D eigenvalue weighted by Crippen LogP contribution is -2.41. The number of likely N-dealkylation sites (tertiary alicyclic amines) is 1. The molecule has 1 N–H and O–H groups in total. The van der Waals surface area contributed by atoms with Crippen LogP contribution < -0.4 is 0 Å². The number of rotatable bonds is 2. The summed E-state index contributed by atoms with van der Waals surface area (Å²) in [5, 5.41) is 9.61. The van der Waals surface area contributed by atoms with Crippen molar-refractivity contribution >= 4 is 0 Å². The van der Waals surface area contributed by atoms with E-state index in [0.717, 1.165) is 31.7 Å². The van der Waals surface area contributed by atoms with Crippen LogP contribution in [0.25, 0.3) is 0 Å². The molecule has 0 bridgehead atoms. The van der Waals surface area contributed by atoms with Gasteiger partial charge in [-0.05, 0) is 12.3 Å². The van der Waals surface area contributed by atoms with Gasteiger partial charge in [0.2, 0.25) is 0 Å². The quantitative estimate of drug-likeness (QED) is 0.774. The molecule has 1 aliphatic heterocycles. The van der Waals surface area contributed by atoms with Gasteiger partial charge >= 0.3 is 0 Å². The fourth-order valence-corrected chi connectivity index (χ4v) is 2.00. The van der Waals surface area contributed by atoms with E-state index in [9.17, 15) is 5.11 Å².